The first kappa shape index (κ1) is 14.2. The number of nitrogens with zero attached hydrogens (tertiary/aromatic N) is 5. The summed E-state index contributed by atoms with van der Waals surface area (Å²) in [5, 5.41) is 5.60. The van der Waals surface area contributed by atoms with Crippen molar-refractivity contribution in [2.45, 2.75) is 38.8 Å². The van der Waals surface area contributed by atoms with Gasteiger partial charge in [-0.25, -0.2) is 9.97 Å². The molecule has 4 rings (SSSR count). The van der Waals surface area contributed by atoms with E-state index in [0.29, 0.717) is 6.04 Å². The van der Waals surface area contributed by atoms with Crippen LogP contribution in [0.2, 0.25) is 0 Å². The topological polar surface area (TPSA) is 46.8 Å². The number of para-hydroxylation sites is 1. The van der Waals surface area contributed by atoms with Gasteiger partial charge in [-0.1, -0.05) is 12.1 Å². The van der Waals surface area contributed by atoms with E-state index in [-0.39, 0.29) is 0 Å². The molecule has 23 heavy (non-hydrogen) atoms. The first-order chi connectivity index (χ1) is 11.3. The summed E-state index contributed by atoms with van der Waals surface area (Å²) in [5.41, 5.74) is 2.22. The van der Waals surface area contributed by atoms with Crippen LogP contribution in [0.25, 0.3) is 10.9 Å². The molecule has 0 radical (unpaired) electrons. The van der Waals surface area contributed by atoms with Crippen molar-refractivity contribution in [3.05, 3.63) is 48.5 Å². The van der Waals surface area contributed by atoms with E-state index in [1.807, 2.05) is 12.3 Å². The van der Waals surface area contributed by atoms with Crippen LogP contribution in [0, 0.1) is 6.92 Å². The molecule has 0 unspecified atom stereocenters. The largest absolute Gasteiger partial charge is 0.351 e. The van der Waals surface area contributed by atoms with Crippen LogP contribution < -0.4 is 4.90 Å². The third-order valence-corrected chi connectivity index (χ3v) is 4.58. The number of hydrogen-bond donors (Lipinski definition) is 0. The van der Waals surface area contributed by atoms with Crippen LogP contribution in [0.3, 0.4) is 0 Å². The highest BCUT2D eigenvalue weighted by atomic mass is 15.3. The Morgan fingerprint density at radius 2 is 2.09 bits per heavy atom. The van der Waals surface area contributed by atoms with Gasteiger partial charge in [-0.2, -0.15) is 5.10 Å². The lowest BCUT2D eigenvalue weighted by Crippen LogP contribution is -2.43. The van der Waals surface area contributed by atoms with Gasteiger partial charge in [0.1, 0.15) is 12.1 Å². The fourth-order valence-corrected chi connectivity index (χ4v) is 3.47. The molecule has 5 nitrogen and oxygen atoms in total. The third-order valence-electron chi connectivity index (χ3n) is 4.58. The van der Waals surface area contributed by atoms with Gasteiger partial charge >= 0.3 is 0 Å². The molecule has 5 heteroatoms. The molecule has 0 aliphatic carbocycles. The van der Waals surface area contributed by atoms with E-state index in [4.69, 9.17) is 0 Å². The van der Waals surface area contributed by atoms with E-state index >= 15 is 0 Å². The molecule has 1 aliphatic rings. The van der Waals surface area contributed by atoms with E-state index in [2.05, 4.69) is 56.0 Å². The predicted molar refractivity (Wildman–Crippen MR) is 91.5 cm³/mol. The van der Waals surface area contributed by atoms with Crippen molar-refractivity contribution in [2.75, 3.05) is 11.4 Å². The van der Waals surface area contributed by atoms with Gasteiger partial charge < -0.3 is 4.90 Å². The highest BCUT2D eigenvalue weighted by Crippen LogP contribution is 2.29. The standard InChI is InChI=1S/C18H21N5/c1-14-10-21-22(11-14)12-15-6-4-5-9-23(15)18-16-7-2-3-8-17(16)19-13-20-18/h2-3,7-8,10-11,13,15H,4-6,9,12H2,1H3/t15-/m0/s1. The van der Waals surface area contributed by atoms with Crippen LogP contribution in [0.5, 0.6) is 0 Å². The third kappa shape index (κ3) is 2.79. The van der Waals surface area contributed by atoms with Crippen molar-refractivity contribution in [3.63, 3.8) is 0 Å². The molecule has 3 heterocycles. The van der Waals surface area contributed by atoms with Crippen molar-refractivity contribution < 1.29 is 0 Å². The van der Waals surface area contributed by atoms with Gasteiger partial charge in [0.15, 0.2) is 0 Å². The molecule has 0 spiro atoms. The summed E-state index contributed by atoms with van der Waals surface area (Å²) >= 11 is 0. The molecule has 3 aromatic rings. The Bertz CT molecular complexity index is 805. The first-order valence-electron chi connectivity index (χ1n) is 8.27. The lowest BCUT2D eigenvalue weighted by Gasteiger charge is -2.37. The molecular weight excluding hydrogens is 286 g/mol. The van der Waals surface area contributed by atoms with Gasteiger partial charge in [-0.05, 0) is 43.9 Å². The smallest absolute Gasteiger partial charge is 0.140 e. The Labute approximate surface area is 136 Å². The van der Waals surface area contributed by atoms with Crippen LogP contribution in [0.1, 0.15) is 24.8 Å². The molecule has 1 aromatic carbocycles. The monoisotopic (exact) mass is 307 g/mol. The average molecular weight is 307 g/mol. The summed E-state index contributed by atoms with van der Waals surface area (Å²) in [6.07, 6.45) is 9.38. The molecule has 1 aliphatic heterocycles. The number of fused-ring (bicyclic) bond motifs is 1. The zero-order chi connectivity index (χ0) is 15.6. The second-order valence-corrected chi connectivity index (χ2v) is 6.30. The second kappa shape index (κ2) is 5.99. The zero-order valence-electron chi connectivity index (χ0n) is 13.4. The second-order valence-electron chi connectivity index (χ2n) is 6.30. The van der Waals surface area contributed by atoms with Gasteiger partial charge in [-0.15, -0.1) is 0 Å². The van der Waals surface area contributed by atoms with Gasteiger partial charge in [0.25, 0.3) is 0 Å². The number of aromatic nitrogens is 4. The van der Waals surface area contributed by atoms with Gasteiger partial charge in [-0.3, -0.25) is 4.68 Å². The fraction of sp³-hybridized carbons (Fsp3) is 0.389. The minimum Gasteiger partial charge on any atom is -0.351 e. The number of piperidine rings is 1. The number of hydrogen-bond acceptors (Lipinski definition) is 4. The highest BCUT2D eigenvalue weighted by Gasteiger charge is 2.25. The summed E-state index contributed by atoms with van der Waals surface area (Å²) in [7, 11) is 0. The van der Waals surface area contributed by atoms with Gasteiger partial charge in [0, 0.05) is 18.1 Å². The van der Waals surface area contributed by atoms with E-state index in [1.165, 1.54) is 24.8 Å². The summed E-state index contributed by atoms with van der Waals surface area (Å²) in [5.74, 6) is 1.06. The lowest BCUT2D eigenvalue weighted by molar-refractivity contribution is 0.397. The summed E-state index contributed by atoms with van der Waals surface area (Å²) in [4.78, 5) is 11.5. The van der Waals surface area contributed by atoms with Crippen molar-refractivity contribution in [1.29, 1.82) is 0 Å². The molecule has 118 valence electrons. The maximum absolute atomic E-state index is 4.61. The normalized spacial score (nSPS) is 18.5. The molecule has 1 saturated heterocycles. The number of anilines is 1. The minimum atomic E-state index is 0.432. The van der Waals surface area contributed by atoms with Crippen LogP contribution >= 0.6 is 0 Å². The number of benzene rings is 1. The SMILES string of the molecule is Cc1cnn(C[C@@H]2CCCCN2c2ncnc3ccccc23)c1. The summed E-state index contributed by atoms with van der Waals surface area (Å²) in [6.45, 7) is 4.04. The quantitative estimate of drug-likeness (QED) is 0.745. The first-order valence-corrected chi connectivity index (χ1v) is 8.27. The number of rotatable bonds is 3. The molecule has 2 aromatic heterocycles. The van der Waals surface area contributed by atoms with Crippen molar-refractivity contribution in [3.8, 4) is 0 Å². The fourth-order valence-electron chi connectivity index (χ4n) is 3.47. The maximum atomic E-state index is 4.61. The molecular formula is C18H21N5. The Morgan fingerprint density at radius 1 is 1.17 bits per heavy atom. The van der Waals surface area contributed by atoms with Crippen LogP contribution in [0.4, 0.5) is 5.82 Å². The molecule has 0 saturated carbocycles. The summed E-state index contributed by atoms with van der Waals surface area (Å²) in [6, 6.07) is 8.69. The van der Waals surface area contributed by atoms with Crippen molar-refractivity contribution >= 4 is 16.7 Å². The highest BCUT2D eigenvalue weighted by molar-refractivity contribution is 5.89. The Balaban J connectivity index is 1.69. The molecule has 0 bridgehead atoms. The van der Waals surface area contributed by atoms with E-state index in [0.717, 1.165) is 29.8 Å². The number of aryl methyl sites for hydroxylation is 1. The van der Waals surface area contributed by atoms with Gasteiger partial charge in [0.2, 0.25) is 0 Å². The average Bonchev–Trinajstić information content (AvgIpc) is 3.00. The van der Waals surface area contributed by atoms with Crippen LogP contribution in [-0.4, -0.2) is 32.3 Å². The Morgan fingerprint density at radius 3 is 2.96 bits per heavy atom. The molecule has 1 fully saturated rings. The molecule has 1 atom stereocenters. The van der Waals surface area contributed by atoms with E-state index < -0.39 is 0 Å². The van der Waals surface area contributed by atoms with Crippen LogP contribution in [0.15, 0.2) is 43.0 Å². The lowest BCUT2D eigenvalue weighted by atomic mass is 10.0. The Kier molecular flexibility index (Phi) is 3.69. The minimum absolute atomic E-state index is 0.432. The predicted octanol–water partition coefficient (Wildman–Crippen LogP) is 3.19. The van der Waals surface area contributed by atoms with E-state index in [1.54, 1.807) is 6.33 Å². The zero-order valence-corrected chi connectivity index (χ0v) is 13.4. The van der Waals surface area contributed by atoms with Crippen LogP contribution in [-0.2, 0) is 6.54 Å². The van der Waals surface area contributed by atoms with Gasteiger partial charge in [0.05, 0.1) is 24.3 Å². The molecule has 0 amide bonds. The van der Waals surface area contributed by atoms with Crippen molar-refractivity contribution in [2.24, 2.45) is 0 Å². The molecule has 0 N–H and O–H groups in total. The van der Waals surface area contributed by atoms with E-state index in [9.17, 15) is 0 Å². The maximum Gasteiger partial charge on any atom is 0.140 e. The Hall–Kier alpha value is -2.43. The summed E-state index contributed by atoms with van der Waals surface area (Å²) < 4.78 is 2.06. The van der Waals surface area contributed by atoms with Crippen molar-refractivity contribution in [1.82, 2.24) is 19.7 Å².